The number of rotatable bonds is 7. The van der Waals surface area contributed by atoms with Crippen molar-refractivity contribution in [2.75, 3.05) is 59.3 Å². The van der Waals surface area contributed by atoms with Crippen molar-refractivity contribution in [2.24, 2.45) is 0 Å². The van der Waals surface area contributed by atoms with Gasteiger partial charge < -0.3 is 25.1 Å². The minimum Gasteiger partial charge on any atom is -0.391 e. The molecule has 4 heterocycles. The molecule has 2 fully saturated rings. The Balaban J connectivity index is 1.02. The second kappa shape index (κ2) is 11.8. The first-order valence-electron chi connectivity index (χ1n) is 13.6. The first-order valence-corrected chi connectivity index (χ1v) is 13.6. The molecule has 0 bridgehead atoms. The standard InChI is InChI=1S/C29H32FN9O/c30-23-5-3-21(4-6-23)16-22-17-31-28(32-18-22)37-12-14-38(15-13-37)29-34-20-33-27(36-29)35-24-7-9-25(10-8-24)39-11-1-2-26(40)19-39/h3-10,17-18,20,26,40H,1-2,11-16,19H2,(H,33,34,35,36). The fourth-order valence-electron chi connectivity index (χ4n) is 5.12. The summed E-state index contributed by atoms with van der Waals surface area (Å²) in [4.78, 5) is 29.0. The molecule has 0 amide bonds. The van der Waals surface area contributed by atoms with E-state index in [1.165, 1.54) is 18.5 Å². The van der Waals surface area contributed by atoms with E-state index in [1.807, 2.05) is 24.5 Å². The molecule has 2 aliphatic heterocycles. The number of piperidine rings is 1. The van der Waals surface area contributed by atoms with Crippen molar-refractivity contribution in [3.05, 3.63) is 84.2 Å². The number of anilines is 5. The summed E-state index contributed by atoms with van der Waals surface area (Å²) in [5.74, 6) is 1.59. The molecule has 0 spiro atoms. The van der Waals surface area contributed by atoms with Gasteiger partial charge in [0.1, 0.15) is 12.1 Å². The van der Waals surface area contributed by atoms with Crippen LogP contribution < -0.4 is 20.0 Å². The van der Waals surface area contributed by atoms with Crippen LogP contribution in [-0.2, 0) is 6.42 Å². The van der Waals surface area contributed by atoms with E-state index < -0.39 is 0 Å². The number of hydrogen-bond donors (Lipinski definition) is 2. The van der Waals surface area contributed by atoms with Gasteiger partial charge in [0.2, 0.25) is 17.8 Å². The maximum absolute atomic E-state index is 13.1. The molecule has 206 valence electrons. The number of nitrogens with one attached hydrogen (secondary N) is 1. The number of β-amino-alcohol motifs (C(OH)–C–C–N with tert-alkyl or cyclic N) is 1. The molecule has 2 N–H and O–H groups in total. The van der Waals surface area contributed by atoms with E-state index in [9.17, 15) is 9.50 Å². The third-order valence-electron chi connectivity index (χ3n) is 7.30. The van der Waals surface area contributed by atoms with Gasteiger partial charge in [-0.25, -0.2) is 24.3 Å². The van der Waals surface area contributed by atoms with Crippen molar-refractivity contribution in [1.82, 2.24) is 24.9 Å². The molecule has 1 unspecified atom stereocenters. The van der Waals surface area contributed by atoms with Crippen LogP contribution in [0.5, 0.6) is 0 Å². The largest absolute Gasteiger partial charge is 0.391 e. The monoisotopic (exact) mass is 541 g/mol. The summed E-state index contributed by atoms with van der Waals surface area (Å²) in [7, 11) is 0. The highest BCUT2D eigenvalue weighted by Gasteiger charge is 2.22. The third kappa shape index (κ3) is 6.26. The molecule has 0 radical (unpaired) electrons. The normalized spacial score (nSPS) is 17.6. The number of benzene rings is 2. The van der Waals surface area contributed by atoms with Crippen LogP contribution in [0.15, 0.2) is 67.3 Å². The van der Waals surface area contributed by atoms with Crippen molar-refractivity contribution in [1.29, 1.82) is 0 Å². The molecule has 40 heavy (non-hydrogen) atoms. The van der Waals surface area contributed by atoms with Crippen molar-refractivity contribution in [3.63, 3.8) is 0 Å². The van der Waals surface area contributed by atoms with Crippen LogP contribution in [0.3, 0.4) is 0 Å². The Bertz CT molecular complexity index is 1390. The lowest BCUT2D eigenvalue weighted by Gasteiger charge is -2.34. The lowest BCUT2D eigenvalue weighted by molar-refractivity contribution is 0.154. The molecular weight excluding hydrogens is 509 g/mol. The summed E-state index contributed by atoms with van der Waals surface area (Å²) < 4.78 is 13.1. The van der Waals surface area contributed by atoms with Gasteiger partial charge >= 0.3 is 0 Å². The smallest absolute Gasteiger partial charge is 0.231 e. The van der Waals surface area contributed by atoms with Gasteiger partial charge in [-0.05, 0) is 60.4 Å². The molecule has 1 atom stereocenters. The zero-order chi connectivity index (χ0) is 27.3. The Labute approximate surface area is 232 Å². The molecule has 0 aliphatic carbocycles. The Morgan fingerprint density at radius 3 is 2.17 bits per heavy atom. The maximum atomic E-state index is 13.1. The van der Waals surface area contributed by atoms with Crippen LogP contribution in [0.25, 0.3) is 0 Å². The van der Waals surface area contributed by atoms with Gasteiger partial charge in [-0.15, -0.1) is 0 Å². The highest BCUT2D eigenvalue weighted by Crippen LogP contribution is 2.24. The number of nitrogens with zero attached hydrogens (tertiary/aromatic N) is 8. The van der Waals surface area contributed by atoms with Crippen LogP contribution in [0, 0.1) is 5.82 Å². The topological polar surface area (TPSA) is 106 Å². The van der Waals surface area contributed by atoms with E-state index >= 15 is 0 Å². The van der Waals surface area contributed by atoms with Gasteiger partial charge in [-0.2, -0.15) is 4.98 Å². The van der Waals surface area contributed by atoms with Crippen LogP contribution >= 0.6 is 0 Å². The second-order valence-corrected chi connectivity index (χ2v) is 10.2. The predicted molar refractivity (Wildman–Crippen MR) is 153 cm³/mol. The first-order chi connectivity index (χ1) is 19.6. The maximum Gasteiger partial charge on any atom is 0.231 e. The fourth-order valence-corrected chi connectivity index (χ4v) is 5.12. The van der Waals surface area contributed by atoms with Gasteiger partial charge in [-0.1, -0.05) is 12.1 Å². The van der Waals surface area contributed by atoms with Crippen LogP contribution in [0.4, 0.5) is 33.6 Å². The van der Waals surface area contributed by atoms with Crippen LogP contribution in [-0.4, -0.2) is 75.4 Å². The van der Waals surface area contributed by atoms with Crippen molar-refractivity contribution < 1.29 is 9.50 Å². The third-order valence-corrected chi connectivity index (χ3v) is 7.30. The number of aromatic nitrogens is 5. The van der Waals surface area contributed by atoms with Gasteiger partial charge in [0.15, 0.2) is 0 Å². The molecular formula is C29H32FN9O. The molecule has 2 aliphatic rings. The van der Waals surface area contributed by atoms with Crippen molar-refractivity contribution in [3.8, 4) is 0 Å². The Kier molecular flexibility index (Phi) is 7.62. The van der Waals surface area contributed by atoms with E-state index in [0.29, 0.717) is 30.8 Å². The van der Waals surface area contributed by atoms with Crippen LogP contribution in [0.2, 0.25) is 0 Å². The molecule has 11 heteroatoms. The zero-order valence-electron chi connectivity index (χ0n) is 22.2. The Hall–Kier alpha value is -4.38. The summed E-state index contributed by atoms with van der Waals surface area (Å²) in [6.45, 7) is 4.60. The first kappa shape index (κ1) is 25.9. The van der Waals surface area contributed by atoms with Crippen molar-refractivity contribution in [2.45, 2.75) is 25.4 Å². The number of piperazine rings is 1. The minimum absolute atomic E-state index is 0.236. The van der Waals surface area contributed by atoms with Crippen LogP contribution in [0.1, 0.15) is 24.0 Å². The molecule has 6 rings (SSSR count). The van der Waals surface area contributed by atoms with E-state index in [1.54, 1.807) is 12.1 Å². The average molecular weight is 542 g/mol. The summed E-state index contributed by atoms with van der Waals surface area (Å²) >= 11 is 0. The SMILES string of the molecule is OC1CCCN(c2ccc(Nc3ncnc(N4CCN(c5ncc(Cc6ccc(F)cc6)cn5)CC4)n3)cc2)C1. The van der Waals surface area contributed by atoms with Gasteiger partial charge in [-0.3, -0.25) is 0 Å². The fraction of sp³-hybridized carbons (Fsp3) is 0.345. The number of aliphatic hydroxyl groups is 1. The lowest BCUT2D eigenvalue weighted by Crippen LogP contribution is -2.47. The van der Waals surface area contributed by atoms with Crippen molar-refractivity contribution >= 4 is 29.2 Å². The van der Waals surface area contributed by atoms with Gasteiger partial charge in [0.25, 0.3) is 0 Å². The average Bonchev–Trinajstić information content (AvgIpc) is 2.99. The van der Waals surface area contributed by atoms with E-state index in [4.69, 9.17) is 0 Å². The minimum atomic E-state index is -0.260. The summed E-state index contributed by atoms with van der Waals surface area (Å²) in [6, 6.07) is 14.6. The highest BCUT2D eigenvalue weighted by atomic mass is 19.1. The molecule has 2 aromatic carbocycles. The molecule has 4 aromatic rings. The van der Waals surface area contributed by atoms with E-state index in [-0.39, 0.29) is 11.9 Å². The predicted octanol–water partition coefficient (Wildman–Crippen LogP) is 3.42. The summed E-state index contributed by atoms with van der Waals surface area (Å²) in [6.07, 6.45) is 7.48. The number of halogens is 1. The molecule has 0 saturated carbocycles. The Morgan fingerprint density at radius 2 is 1.48 bits per heavy atom. The highest BCUT2D eigenvalue weighted by molar-refractivity contribution is 5.60. The molecule has 10 nitrogen and oxygen atoms in total. The Morgan fingerprint density at radius 1 is 0.775 bits per heavy atom. The molecule has 2 aromatic heterocycles. The van der Waals surface area contributed by atoms with E-state index in [2.05, 4.69) is 57.1 Å². The summed E-state index contributed by atoms with van der Waals surface area (Å²) in [5.41, 5.74) is 4.00. The van der Waals surface area contributed by atoms with Gasteiger partial charge in [0.05, 0.1) is 6.10 Å². The summed E-state index contributed by atoms with van der Waals surface area (Å²) in [5, 5.41) is 13.2. The lowest BCUT2D eigenvalue weighted by atomic mass is 10.1. The molecule has 2 saturated heterocycles. The van der Waals surface area contributed by atoms with Gasteiger partial charge in [0, 0.05) is 69.5 Å². The quantitative estimate of drug-likeness (QED) is 0.361. The number of aliphatic hydroxyl groups excluding tert-OH is 1. The zero-order valence-corrected chi connectivity index (χ0v) is 22.2. The second-order valence-electron chi connectivity index (χ2n) is 10.2. The number of hydrogen-bond acceptors (Lipinski definition) is 10. The van der Waals surface area contributed by atoms with E-state index in [0.717, 1.165) is 68.1 Å².